The molecule has 0 aliphatic rings. The molecule has 0 bridgehead atoms. The molecule has 0 fully saturated rings. The summed E-state index contributed by atoms with van der Waals surface area (Å²) in [6, 6.07) is 13.4. The van der Waals surface area contributed by atoms with E-state index in [1.807, 2.05) is 6.92 Å². The predicted molar refractivity (Wildman–Crippen MR) is 121 cm³/mol. The van der Waals surface area contributed by atoms with Gasteiger partial charge in [0.05, 0.1) is 10.3 Å². The standard InChI is InChI=1S/C15H21NO5S.C7H8O3S/c1-15(2,3)20-14(17)11-12(16)9-10-22(18,19)21-13-7-5-4-6-8-13;1-6-2-4-7(5-3-6)11(8,9)10/h4-10,12H,11,16H2,1-3H3;2-5H,1H3,(H,8,9,10)/b10-9+;/t12-;/m1./s1. The molecule has 0 aliphatic heterocycles. The lowest BCUT2D eigenvalue weighted by Crippen LogP contribution is -2.60. The van der Waals surface area contributed by atoms with Crippen molar-refractivity contribution in [1.82, 2.24) is 0 Å². The zero-order valence-electron chi connectivity index (χ0n) is 18.9. The lowest BCUT2D eigenvalue weighted by Gasteiger charge is -2.19. The van der Waals surface area contributed by atoms with Crippen LogP contribution in [0.2, 0.25) is 0 Å². The Hall–Kier alpha value is -2.73. The van der Waals surface area contributed by atoms with E-state index < -0.39 is 37.8 Å². The summed E-state index contributed by atoms with van der Waals surface area (Å²) in [6.45, 7) is 7.10. The summed E-state index contributed by atoms with van der Waals surface area (Å²) in [4.78, 5) is 11.4. The molecule has 33 heavy (non-hydrogen) atoms. The molecule has 0 saturated heterocycles. The Morgan fingerprint density at radius 2 is 1.58 bits per heavy atom. The highest BCUT2D eigenvalue weighted by Crippen LogP contribution is 2.13. The van der Waals surface area contributed by atoms with E-state index in [4.69, 9.17) is 8.92 Å². The van der Waals surface area contributed by atoms with Gasteiger partial charge in [-0.05, 0) is 58.0 Å². The molecule has 0 aliphatic carbocycles. The maximum Gasteiger partial charge on any atom is 0.332 e. The Morgan fingerprint density at radius 3 is 2.06 bits per heavy atom. The van der Waals surface area contributed by atoms with Crippen molar-refractivity contribution in [1.29, 1.82) is 0 Å². The molecule has 0 spiro atoms. The predicted octanol–water partition coefficient (Wildman–Crippen LogP) is 2.15. The molecular weight excluding hydrogens is 470 g/mol. The monoisotopic (exact) mass is 499 g/mol. The summed E-state index contributed by atoms with van der Waals surface area (Å²) in [5.74, 6) is -0.210. The Bertz CT molecular complexity index is 1140. The van der Waals surface area contributed by atoms with Crippen molar-refractivity contribution >= 4 is 26.2 Å². The lowest BCUT2D eigenvalue weighted by atomic mass is 10.2. The van der Waals surface area contributed by atoms with Crippen molar-refractivity contribution in [3.05, 3.63) is 71.6 Å². The van der Waals surface area contributed by atoms with Crippen LogP contribution in [0.15, 0.2) is 71.0 Å². The smallest absolute Gasteiger partial charge is 0.332 e. The molecule has 9 nitrogen and oxygen atoms in total. The number of carbonyl (C=O) groups excluding carboxylic acids is 1. The molecule has 0 radical (unpaired) electrons. The second-order valence-corrected chi connectivity index (χ2v) is 10.8. The van der Waals surface area contributed by atoms with E-state index >= 15 is 0 Å². The topological polar surface area (TPSA) is 155 Å². The van der Waals surface area contributed by atoms with Gasteiger partial charge in [-0.1, -0.05) is 35.9 Å². The highest BCUT2D eigenvalue weighted by molar-refractivity contribution is 7.90. The van der Waals surface area contributed by atoms with Crippen LogP contribution < -0.4 is 9.92 Å². The summed E-state index contributed by atoms with van der Waals surface area (Å²) in [7, 11) is -8.14. The lowest BCUT2D eigenvalue weighted by molar-refractivity contribution is -0.402. The van der Waals surface area contributed by atoms with Crippen LogP contribution >= 0.6 is 0 Å². The van der Waals surface area contributed by atoms with Crippen LogP contribution in [0.3, 0.4) is 0 Å². The fourth-order valence-corrected chi connectivity index (χ4v) is 3.53. The van der Waals surface area contributed by atoms with Gasteiger partial charge < -0.3 is 19.2 Å². The number of quaternary nitrogens is 1. The van der Waals surface area contributed by atoms with Gasteiger partial charge in [-0.25, -0.2) is 8.42 Å². The minimum Gasteiger partial charge on any atom is -0.744 e. The number of benzene rings is 2. The third kappa shape index (κ3) is 12.8. The molecule has 3 N–H and O–H groups in total. The molecule has 2 rings (SSSR count). The van der Waals surface area contributed by atoms with Gasteiger partial charge in [0.2, 0.25) is 0 Å². The Morgan fingerprint density at radius 1 is 1.03 bits per heavy atom. The molecule has 2 aromatic carbocycles. The van der Waals surface area contributed by atoms with Crippen LogP contribution in [0.25, 0.3) is 0 Å². The van der Waals surface area contributed by atoms with Crippen LogP contribution in [0.1, 0.15) is 32.8 Å². The average molecular weight is 500 g/mol. The molecule has 182 valence electrons. The molecule has 0 saturated carbocycles. The largest absolute Gasteiger partial charge is 0.744 e. The Labute approximate surface area is 195 Å². The molecule has 0 unspecified atom stereocenters. The minimum absolute atomic E-state index is 0.00533. The van der Waals surface area contributed by atoms with E-state index in [0.717, 1.165) is 11.0 Å². The molecule has 0 amide bonds. The molecule has 0 heterocycles. The van der Waals surface area contributed by atoms with E-state index in [1.165, 1.54) is 30.3 Å². The average Bonchev–Trinajstić information content (AvgIpc) is 2.65. The van der Waals surface area contributed by atoms with Crippen LogP contribution in [-0.2, 0) is 29.8 Å². The van der Waals surface area contributed by atoms with Crippen LogP contribution in [0, 0.1) is 6.92 Å². The number of hydrogen-bond acceptors (Lipinski definition) is 8. The van der Waals surface area contributed by atoms with Gasteiger partial charge in [-0.3, -0.25) is 4.79 Å². The number of esters is 1. The van der Waals surface area contributed by atoms with Crippen molar-refractivity contribution in [2.45, 2.75) is 50.7 Å². The zero-order valence-corrected chi connectivity index (χ0v) is 20.6. The molecule has 1 atom stereocenters. The van der Waals surface area contributed by atoms with E-state index in [9.17, 15) is 26.2 Å². The van der Waals surface area contributed by atoms with Crippen LogP contribution in [0.4, 0.5) is 0 Å². The molecule has 2 aromatic rings. The van der Waals surface area contributed by atoms with Crippen molar-refractivity contribution in [3.63, 3.8) is 0 Å². The van der Waals surface area contributed by atoms with Crippen molar-refractivity contribution in [2.75, 3.05) is 0 Å². The van der Waals surface area contributed by atoms with Crippen molar-refractivity contribution in [2.24, 2.45) is 0 Å². The maximum atomic E-state index is 11.8. The van der Waals surface area contributed by atoms with Crippen molar-refractivity contribution < 1.29 is 40.8 Å². The number of ether oxygens (including phenoxy) is 1. The summed E-state index contributed by atoms with van der Waals surface area (Å²) in [5, 5.41) is 0.905. The first-order chi connectivity index (χ1) is 15.1. The highest BCUT2D eigenvalue weighted by Gasteiger charge is 2.19. The van der Waals surface area contributed by atoms with Crippen LogP contribution in [-0.4, -0.2) is 39.0 Å². The first-order valence-electron chi connectivity index (χ1n) is 9.83. The number of carbonyl (C=O) groups is 1. The van der Waals surface area contributed by atoms with E-state index in [0.29, 0.717) is 0 Å². The fourth-order valence-electron chi connectivity index (χ4n) is 2.22. The SMILES string of the molecule is CC(C)(C)OC(=O)C[C@H]([NH3+])/C=C/S(=O)(=O)Oc1ccccc1.Cc1ccc(S(=O)(=O)[O-])cc1. The summed E-state index contributed by atoms with van der Waals surface area (Å²) in [5.41, 5.74) is 4.06. The van der Waals surface area contributed by atoms with Gasteiger partial charge in [0.25, 0.3) is 0 Å². The number of hydrogen-bond donors (Lipinski definition) is 1. The van der Waals surface area contributed by atoms with Gasteiger partial charge >= 0.3 is 16.1 Å². The normalized spacial score (nSPS) is 13.0. The van der Waals surface area contributed by atoms with E-state index in [-0.39, 0.29) is 17.1 Å². The van der Waals surface area contributed by atoms with Crippen LogP contribution in [0.5, 0.6) is 5.75 Å². The number of para-hydroxylation sites is 1. The third-order valence-electron chi connectivity index (χ3n) is 3.63. The molecule has 11 heteroatoms. The zero-order chi connectivity index (χ0) is 25.3. The fraction of sp³-hybridized carbons (Fsp3) is 0.318. The van der Waals surface area contributed by atoms with Gasteiger partial charge in [0, 0.05) is 0 Å². The second kappa shape index (κ2) is 11.9. The Balaban J connectivity index is 0.000000412. The first-order valence-corrected chi connectivity index (χ1v) is 12.7. The quantitative estimate of drug-likeness (QED) is 0.345. The van der Waals surface area contributed by atoms with Gasteiger partial charge in [-0.2, -0.15) is 8.42 Å². The summed E-state index contributed by atoms with van der Waals surface area (Å²) in [6.07, 6.45) is 1.30. The van der Waals surface area contributed by atoms with Gasteiger partial charge in [0.15, 0.2) is 0 Å². The first kappa shape index (κ1) is 28.3. The second-order valence-electron chi connectivity index (χ2n) is 8.04. The summed E-state index contributed by atoms with van der Waals surface area (Å²) < 4.78 is 64.7. The Kier molecular flexibility index (Phi) is 10.2. The van der Waals surface area contributed by atoms with Gasteiger partial charge in [-0.15, -0.1) is 0 Å². The van der Waals surface area contributed by atoms with Gasteiger partial charge in [0.1, 0.15) is 33.9 Å². The minimum atomic E-state index is -4.27. The maximum absolute atomic E-state index is 11.8. The molecule has 0 aromatic heterocycles. The van der Waals surface area contributed by atoms with E-state index in [1.54, 1.807) is 51.1 Å². The number of aryl methyl sites for hydroxylation is 1. The number of rotatable bonds is 7. The van der Waals surface area contributed by atoms with Crippen molar-refractivity contribution in [3.8, 4) is 5.75 Å². The summed E-state index contributed by atoms with van der Waals surface area (Å²) >= 11 is 0. The molecular formula is C22H29NO8S2. The highest BCUT2D eigenvalue weighted by atomic mass is 32.2. The van der Waals surface area contributed by atoms with E-state index in [2.05, 4.69) is 5.73 Å². The third-order valence-corrected chi connectivity index (χ3v) is 5.40.